The fraction of sp³-hybridized carbons (Fsp3) is 0.667. The van der Waals surface area contributed by atoms with Crippen LogP contribution in [0.3, 0.4) is 0 Å². The van der Waals surface area contributed by atoms with Gasteiger partial charge >= 0.3 is 0 Å². The first-order valence-corrected chi connectivity index (χ1v) is 4.30. The summed E-state index contributed by atoms with van der Waals surface area (Å²) in [6.07, 6.45) is 2.24. The molecular formula is C6H9N3OS. The molecule has 1 fully saturated rings. The summed E-state index contributed by atoms with van der Waals surface area (Å²) in [6.45, 7) is 0.568. The second-order valence-electron chi connectivity index (χ2n) is 2.88. The number of nitrogens with zero attached hydrogens (tertiary/aromatic N) is 2. The molecule has 1 aliphatic rings. The minimum absolute atomic E-state index is 0.113. The Labute approximate surface area is 68.5 Å². The van der Waals surface area contributed by atoms with Crippen LogP contribution in [-0.2, 0) is 10.3 Å². The molecule has 1 aromatic heterocycles. The highest BCUT2D eigenvalue weighted by Crippen LogP contribution is 2.47. The van der Waals surface area contributed by atoms with Gasteiger partial charge in [-0.25, -0.2) is 5.90 Å². The third-order valence-corrected chi connectivity index (χ3v) is 2.62. The summed E-state index contributed by atoms with van der Waals surface area (Å²) in [5.41, 5.74) is 1.15. The van der Waals surface area contributed by atoms with Gasteiger partial charge in [-0.05, 0) is 24.4 Å². The van der Waals surface area contributed by atoms with E-state index in [2.05, 4.69) is 14.4 Å². The first-order chi connectivity index (χ1) is 5.37. The molecule has 0 bridgehead atoms. The van der Waals surface area contributed by atoms with Gasteiger partial charge in [-0.3, -0.25) is 0 Å². The average Bonchev–Trinajstić information content (AvgIpc) is 2.63. The van der Waals surface area contributed by atoms with Gasteiger partial charge < -0.3 is 4.84 Å². The van der Waals surface area contributed by atoms with Crippen molar-refractivity contribution in [2.24, 2.45) is 5.90 Å². The number of rotatable bonds is 3. The predicted molar refractivity (Wildman–Crippen MR) is 41.0 cm³/mol. The summed E-state index contributed by atoms with van der Waals surface area (Å²) >= 11 is 1.37. The normalized spacial score (nSPS) is 20.1. The average molecular weight is 171 g/mol. The zero-order valence-electron chi connectivity index (χ0n) is 5.99. The summed E-state index contributed by atoms with van der Waals surface area (Å²) in [7, 11) is 0. The van der Waals surface area contributed by atoms with E-state index >= 15 is 0 Å². The molecule has 60 valence electrons. The van der Waals surface area contributed by atoms with Crippen molar-refractivity contribution in [1.29, 1.82) is 0 Å². The Kier molecular flexibility index (Phi) is 1.63. The van der Waals surface area contributed by atoms with Gasteiger partial charge in [-0.1, -0.05) is 4.49 Å². The van der Waals surface area contributed by atoms with Crippen molar-refractivity contribution in [3.8, 4) is 0 Å². The van der Waals surface area contributed by atoms with Crippen molar-refractivity contribution in [3.05, 3.63) is 11.1 Å². The number of aromatic nitrogens is 2. The van der Waals surface area contributed by atoms with Crippen molar-refractivity contribution < 1.29 is 4.84 Å². The number of hydrogen-bond donors (Lipinski definition) is 1. The lowest BCUT2D eigenvalue weighted by Crippen LogP contribution is -2.18. The summed E-state index contributed by atoms with van der Waals surface area (Å²) < 4.78 is 3.81. The van der Waals surface area contributed by atoms with Gasteiger partial charge in [0.15, 0.2) is 0 Å². The molecule has 0 aliphatic heterocycles. The molecule has 0 radical (unpaired) electrons. The lowest BCUT2D eigenvalue weighted by molar-refractivity contribution is 0.115. The van der Waals surface area contributed by atoms with E-state index in [0.717, 1.165) is 18.5 Å². The SMILES string of the molecule is NOCC1(c2csnn2)CC1. The molecule has 1 aliphatic carbocycles. The molecule has 2 N–H and O–H groups in total. The number of nitrogens with two attached hydrogens (primary N) is 1. The minimum atomic E-state index is 0.113. The van der Waals surface area contributed by atoms with Crippen LogP contribution in [-0.4, -0.2) is 16.2 Å². The summed E-state index contributed by atoms with van der Waals surface area (Å²) in [5.74, 6) is 5.02. The molecule has 1 saturated carbocycles. The van der Waals surface area contributed by atoms with E-state index in [9.17, 15) is 0 Å². The van der Waals surface area contributed by atoms with Crippen LogP contribution in [0.2, 0.25) is 0 Å². The van der Waals surface area contributed by atoms with Gasteiger partial charge in [0, 0.05) is 10.8 Å². The standard InChI is InChI=1S/C6H9N3OS/c7-10-4-6(1-2-6)5-3-11-9-8-5/h3H,1-2,4,7H2. The van der Waals surface area contributed by atoms with E-state index in [-0.39, 0.29) is 5.41 Å². The van der Waals surface area contributed by atoms with E-state index < -0.39 is 0 Å². The molecule has 0 aromatic carbocycles. The molecule has 1 heterocycles. The topological polar surface area (TPSA) is 61.0 Å². The van der Waals surface area contributed by atoms with E-state index in [1.807, 2.05) is 5.38 Å². The van der Waals surface area contributed by atoms with Gasteiger partial charge in [-0.2, -0.15) is 0 Å². The lowest BCUT2D eigenvalue weighted by Gasteiger charge is -2.07. The minimum Gasteiger partial charge on any atom is -0.304 e. The molecule has 0 saturated heterocycles. The fourth-order valence-corrected chi connectivity index (χ4v) is 1.76. The highest BCUT2D eigenvalue weighted by molar-refractivity contribution is 7.03. The van der Waals surface area contributed by atoms with E-state index in [1.54, 1.807) is 0 Å². The lowest BCUT2D eigenvalue weighted by atomic mass is 10.1. The Bertz CT molecular complexity index is 232. The molecule has 0 spiro atoms. The zero-order chi connectivity index (χ0) is 7.73. The van der Waals surface area contributed by atoms with E-state index in [1.165, 1.54) is 11.5 Å². The smallest absolute Gasteiger partial charge is 0.0840 e. The molecule has 1 aromatic rings. The fourth-order valence-electron chi connectivity index (χ4n) is 1.18. The summed E-state index contributed by atoms with van der Waals surface area (Å²) in [6, 6.07) is 0. The van der Waals surface area contributed by atoms with Crippen molar-refractivity contribution in [2.45, 2.75) is 18.3 Å². The first kappa shape index (κ1) is 7.15. The van der Waals surface area contributed by atoms with Crippen molar-refractivity contribution in [1.82, 2.24) is 9.59 Å². The largest absolute Gasteiger partial charge is 0.304 e. The summed E-state index contributed by atoms with van der Waals surface area (Å²) in [5, 5.41) is 5.97. The van der Waals surface area contributed by atoms with Crippen LogP contribution in [0.25, 0.3) is 0 Å². The van der Waals surface area contributed by atoms with Crippen LogP contribution >= 0.6 is 11.5 Å². The van der Waals surface area contributed by atoms with Gasteiger partial charge in [0.1, 0.15) is 0 Å². The Hall–Kier alpha value is -0.520. The highest BCUT2D eigenvalue weighted by Gasteiger charge is 2.46. The molecule has 0 atom stereocenters. The Morgan fingerprint density at radius 3 is 3.00 bits per heavy atom. The Balaban J connectivity index is 2.15. The van der Waals surface area contributed by atoms with Crippen molar-refractivity contribution in [2.75, 3.05) is 6.61 Å². The molecule has 5 heteroatoms. The van der Waals surface area contributed by atoms with Crippen LogP contribution in [0.1, 0.15) is 18.5 Å². The third kappa shape index (κ3) is 1.15. The maximum Gasteiger partial charge on any atom is 0.0840 e. The Morgan fingerprint density at radius 1 is 1.73 bits per heavy atom. The molecule has 0 amide bonds. The number of hydrogen-bond acceptors (Lipinski definition) is 5. The molecule has 11 heavy (non-hydrogen) atoms. The van der Waals surface area contributed by atoms with Gasteiger partial charge in [-0.15, -0.1) is 5.10 Å². The monoisotopic (exact) mass is 171 g/mol. The zero-order valence-corrected chi connectivity index (χ0v) is 6.80. The van der Waals surface area contributed by atoms with Crippen LogP contribution in [0.5, 0.6) is 0 Å². The maximum atomic E-state index is 5.02. The first-order valence-electron chi connectivity index (χ1n) is 3.47. The third-order valence-electron chi connectivity index (χ3n) is 2.12. The van der Waals surface area contributed by atoms with Crippen LogP contribution in [0.15, 0.2) is 5.38 Å². The predicted octanol–water partition coefficient (Wildman–Crippen LogP) is 0.460. The molecule has 2 rings (SSSR count). The van der Waals surface area contributed by atoms with Crippen LogP contribution < -0.4 is 5.90 Å². The second-order valence-corrected chi connectivity index (χ2v) is 3.49. The molecule has 0 unspecified atom stereocenters. The molecular weight excluding hydrogens is 162 g/mol. The summed E-state index contributed by atoms with van der Waals surface area (Å²) in [4.78, 5) is 4.63. The van der Waals surface area contributed by atoms with Gasteiger partial charge in [0.25, 0.3) is 0 Å². The van der Waals surface area contributed by atoms with Crippen molar-refractivity contribution in [3.63, 3.8) is 0 Å². The highest BCUT2D eigenvalue weighted by atomic mass is 32.1. The van der Waals surface area contributed by atoms with Gasteiger partial charge in [0.05, 0.1) is 12.3 Å². The quantitative estimate of drug-likeness (QED) is 0.671. The van der Waals surface area contributed by atoms with Crippen LogP contribution in [0, 0.1) is 0 Å². The maximum absolute atomic E-state index is 5.02. The van der Waals surface area contributed by atoms with Crippen LogP contribution in [0.4, 0.5) is 0 Å². The van der Waals surface area contributed by atoms with E-state index in [0.29, 0.717) is 6.61 Å². The molecule has 4 nitrogen and oxygen atoms in total. The van der Waals surface area contributed by atoms with Crippen molar-refractivity contribution >= 4 is 11.5 Å². The second kappa shape index (κ2) is 2.51. The van der Waals surface area contributed by atoms with Gasteiger partial charge in [0.2, 0.25) is 0 Å². The van der Waals surface area contributed by atoms with E-state index in [4.69, 9.17) is 5.90 Å². The Morgan fingerprint density at radius 2 is 2.55 bits per heavy atom.